The first-order chi connectivity index (χ1) is 5.00. The van der Waals surface area contributed by atoms with E-state index in [9.17, 15) is 13.2 Å². The number of hydrogen-bond donors (Lipinski definition) is 0. The zero-order valence-corrected chi connectivity index (χ0v) is 5.82. The van der Waals surface area contributed by atoms with Crippen LogP contribution in [0.3, 0.4) is 0 Å². The van der Waals surface area contributed by atoms with Crippen molar-refractivity contribution >= 4 is 11.6 Å². The van der Waals surface area contributed by atoms with Gasteiger partial charge >= 0.3 is 6.18 Å². The molecule has 0 aliphatic rings. The topological polar surface area (TPSA) is 25.8 Å². The van der Waals surface area contributed by atoms with E-state index in [0.717, 1.165) is 6.20 Å². The van der Waals surface area contributed by atoms with Gasteiger partial charge in [-0.15, -0.1) is 0 Å². The van der Waals surface area contributed by atoms with Crippen LogP contribution in [0.2, 0.25) is 5.15 Å². The number of nitrogens with zero attached hydrogens (tertiary/aromatic N) is 2. The molecule has 0 N–H and O–H groups in total. The van der Waals surface area contributed by atoms with Gasteiger partial charge in [-0.05, 0) is 6.07 Å². The van der Waals surface area contributed by atoms with Gasteiger partial charge in [0.25, 0.3) is 0 Å². The summed E-state index contributed by atoms with van der Waals surface area (Å²) in [7, 11) is 0. The Balaban J connectivity index is 3.06. The van der Waals surface area contributed by atoms with Gasteiger partial charge in [0.15, 0.2) is 0 Å². The lowest BCUT2D eigenvalue weighted by Gasteiger charge is -2.02. The Hall–Kier alpha value is -0.840. The fourth-order valence-corrected chi connectivity index (χ4v) is 0.610. The zero-order valence-electron chi connectivity index (χ0n) is 5.06. The average molecular weight is 183 g/mol. The lowest BCUT2D eigenvalue weighted by molar-refractivity contribution is -0.145. The van der Waals surface area contributed by atoms with Gasteiger partial charge in [-0.1, -0.05) is 11.6 Å². The van der Waals surface area contributed by atoms with Crippen LogP contribution >= 0.6 is 11.6 Å². The van der Waals surface area contributed by atoms with Gasteiger partial charge in [0, 0.05) is 6.20 Å². The molecule has 0 saturated heterocycles. The Morgan fingerprint density at radius 2 is 2.00 bits per heavy atom. The smallest absolute Gasteiger partial charge is 0.233 e. The van der Waals surface area contributed by atoms with E-state index < -0.39 is 12.0 Å². The highest BCUT2D eigenvalue weighted by Gasteiger charge is 2.34. The molecule has 1 aromatic heterocycles. The van der Waals surface area contributed by atoms with Crippen molar-refractivity contribution in [3.8, 4) is 0 Å². The van der Waals surface area contributed by atoms with Crippen molar-refractivity contribution in [1.29, 1.82) is 0 Å². The van der Waals surface area contributed by atoms with E-state index >= 15 is 0 Å². The van der Waals surface area contributed by atoms with Crippen LogP contribution in [0.15, 0.2) is 12.3 Å². The second kappa shape index (κ2) is 2.65. The summed E-state index contributed by atoms with van der Waals surface area (Å²) in [5.74, 6) is -1.22. The van der Waals surface area contributed by atoms with Crippen molar-refractivity contribution in [3.05, 3.63) is 23.2 Å². The maximum atomic E-state index is 11.8. The summed E-state index contributed by atoms with van der Waals surface area (Å²) in [5, 5.41) is -0.215. The van der Waals surface area contributed by atoms with Gasteiger partial charge in [-0.3, -0.25) is 0 Å². The zero-order chi connectivity index (χ0) is 8.48. The Morgan fingerprint density at radius 1 is 1.36 bits per heavy atom. The molecule has 0 aliphatic heterocycles. The van der Waals surface area contributed by atoms with Crippen LogP contribution in [-0.2, 0) is 6.18 Å². The molecule has 1 heterocycles. The predicted octanol–water partition coefficient (Wildman–Crippen LogP) is 2.15. The van der Waals surface area contributed by atoms with E-state index in [1.165, 1.54) is 6.07 Å². The van der Waals surface area contributed by atoms with E-state index in [4.69, 9.17) is 11.6 Å². The molecule has 0 atom stereocenters. The standard InChI is InChI=1S/C5H2ClF3N2/c6-3-1-2-10-4(11-3)5(7,8)9/h1-2H. The van der Waals surface area contributed by atoms with Crippen LogP contribution in [0.5, 0.6) is 0 Å². The number of aromatic nitrogens is 2. The summed E-state index contributed by atoms with van der Waals surface area (Å²) in [6.07, 6.45) is -3.57. The first-order valence-electron chi connectivity index (χ1n) is 2.56. The van der Waals surface area contributed by atoms with Crippen LogP contribution in [0, 0.1) is 0 Å². The summed E-state index contributed by atoms with van der Waals surface area (Å²) < 4.78 is 35.4. The lowest BCUT2D eigenvalue weighted by Crippen LogP contribution is -2.10. The molecule has 1 aromatic rings. The van der Waals surface area contributed by atoms with Gasteiger partial charge in [-0.2, -0.15) is 13.2 Å². The van der Waals surface area contributed by atoms with E-state index in [0.29, 0.717) is 0 Å². The van der Waals surface area contributed by atoms with Crippen LogP contribution in [0.25, 0.3) is 0 Å². The number of halogens is 4. The summed E-state index contributed by atoms with van der Waals surface area (Å²) in [6.45, 7) is 0. The third-order valence-corrected chi connectivity index (χ3v) is 1.09. The number of alkyl halides is 3. The fourth-order valence-electron chi connectivity index (χ4n) is 0.473. The van der Waals surface area contributed by atoms with Crippen molar-refractivity contribution in [2.24, 2.45) is 0 Å². The highest BCUT2D eigenvalue weighted by atomic mass is 35.5. The Bertz CT molecular complexity index is 260. The SMILES string of the molecule is FC(F)(F)c1nccc(Cl)n1. The largest absolute Gasteiger partial charge is 0.451 e. The van der Waals surface area contributed by atoms with Crippen molar-refractivity contribution < 1.29 is 13.2 Å². The maximum Gasteiger partial charge on any atom is 0.451 e. The normalized spacial score (nSPS) is 11.6. The average Bonchev–Trinajstić information content (AvgIpc) is 1.86. The van der Waals surface area contributed by atoms with Crippen LogP contribution < -0.4 is 0 Å². The molecule has 0 spiro atoms. The van der Waals surface area contributed by atoms with Gasteiger partial charge in [-0.25, -0.2) is 9.97 Å². The monoisotopic (exact) mass is 182 g/mol. The fraction of sp³-hybridized carbons (Fsp3) is 0.200. The minimum atomic E-state index is -4.52. The second-order valence-corrected chi connectivity index (χ2v) is 2.09. The molecule has 0 radical (unpaired) electrons. The lowest BCUT2D eigenvalue weighted by atomic mass is 10.5. The van der Waals surface area contributed by atoms with Gasteiger partial charge in [0.05, 0.1) is 0 Å². The molecule has 6 heteroatoms. The van der Waals surface area contributed by atoms with Gasteiger partial charge in [0.2, 0.25) is 5.82 Å². The van der Waals surface area contributed by atoms with Crippen LogP contribution in [0.4, 0.5) is 13.2 Å². The first kappa shape index (κ1) is 8.26. The van der Waals surface area contributed by atoms with Crippen molar-refractivity contribution in [2.45, 2.75) is 6.18 Å². The van der Waals surface area contributed by atoms with Gasteiger partial charge in [0.1, 0.15) is 5.15 Å². The molecular weight excluding hydrogens is 181 g/mol. The minimum Gasteiger partial charge on any atom is -0.233 e. The van der Waals surface area contributed by atoms with Crippen molar-refractivity contribution in [3.63, 3.8) is 0 Å². The second-order valence-electron chi connectivity index (χ2n) is 1.70. The van der Waals surface area contributed by atoms with E-state index in [2.05, 4.69) is 9.97 Å². The molecule has 0 amide bonds. The third-order valence-electron chi connectivity index (χ3n) is 0.875. The molecule has 0 unspecified atom stereocenters. The molecule has 11 heavy (non-hydrogen) atoms. The molecule has 0 saturated carbocycles. The molecule has 2 nitrogen and oxygen atoms in total. The maximum absolute atomic E-state index is 11.8. The van der Waals surface area contributed by atoms with E-state index in [1.54, 1.807) is 0 Å². The Morgan fingerprint density at radius 3 is 2.36 bits per heavy atom. The van der Waals surface area contributed by atoms with Crippen molar-refractivity contribution in [2.75, 3.05) is 0 Å². The van der Waals surface area contributed by atoms with Crippen LogP contribution in [-0.4, -0.2) is 9.97 Å². The van der Waals surface area contributed by atoms with Crippen molar-refractivity contribution in [1.82, 2.24) is 9.97 Å². The number of rotatable bonds is 0. The molecule has 1 rings (SSSR count). The molecule has 0 fully saturated rings. The van der Waals surface area contributed by atoms with E-state index in [-0.39, 0.29) is 5.15 Å². The molecule has 60 valence electrons. The summed E-state index contributed by atoms with van der Waals surface area (Å²) >= 11 is 5.20. The summed E-state index contributed by atoms with van der Waals surface area (Å²) in [5.41, 5.74) is 0. The van der Waals surface area contributed by atoms with Gasteiger partial charge < -0.3 is 0 Å². The first-order valence-corrected chi connectivity index (χ1v) is 2.93. The molecule has 0 aliphatic carbocycles. The Labute approximate surface area is 65.0 Å². The highest BCUT2D eigenvalue weighted by molar-refractivity contribution is 6.29. The highest BCUT2D eigenvalue weighted by Crippen LogP contribution is 2.26. The predicted molar refractivity (Wildman–Crippen MR) is 32.0 cm³/mol. The Kier molecular flexibility index (Phi) is 1.99. The quantitative estimate of drug-likeness (QED) is 0.575. The molecular formula is C5H2ClF3N2. The molecule has 0 aromatic carbocycles. The molecule has 0 bridgehead atoms. The van der Waals surface area contributed by atoms with E-state index in [1.807, 2.05) is 0 Å². The summed E-state index contributed by atoms with van der Waals surface area (Å²) in [4.78, 5) is 5.96. The van der Waals surface area contributed by atoms with Crippen LogP contribution in [0.1, 0.15) is 5.82 Å². The number of hydrogen-bond acceptors (Lipinski definition) is 2. The third kappa shape index (κ3) is 2.04. The minimum absolute atomic E-state index is 0.215. The summed E-state index contributed by atoms with van der Waals surface area (Å²) in [6, 6.07) is 1.18.